The smallest absolute Gasteiger partial charge is 0.236 e. The summed E-state index contributed by atoms with van der Waals surface area (Å²) in [7, 11) is 1.54. The van der Waals surface area contributed by atoms with Gasteiger partial charge < -0.3 is 15.7 Å². The van der Waals surface area contributed by atoms with E-state index < -0.39 is 23.4 Å². The highest BCUT2D eigenvalue weighted by Gasteiger charge is 2.18. The van der Waals surface area contributed by atoms with E-state index in [9.17, 15) is 13.6 Å². The molecule has 3 N–H and O–H groups in total. The Labute approximate surface area is 117 Å². The van der Waals surface area contributed by atoms with Gasteiger partial charge in [0.05, 0.1) is 6.04 Å². The van der Waals surface area contributed by atoms with Gasteiger partial charge in [-0.15, -0.1) is 0 Å². The van der Waals surface area contributed by atoms with E-state index in [4.69, 9.17) is 5.11 Å². The molecule has 20 heavy (non-hydrogen) atoms. The second kappa shape index (κ2) is 7.19. The van der Waals surface area contributed by atoms with Crippen molar-refractivity contribution in [2.45, 2.75) is 32.9 Å². The van der Waals surface area contributed by atoms with Gasteiger partial charge in [-0.05, 0) is 30.0 Å². The van der Waals surface area contributed by atoms with Crippen molar-refractivity contribution in [3.8, 4) is 5.75 Å². The summed E-state index contributed by atoms with van der Waals surface area (Å²) in [5.74, 6) is -2.88. The third-order valence-corrected chi connectivity index (χ3v) is 2.90. The molecule has 1 atom stereocenters. The van der Waals surface area contributed by atoms with Gasteiger partial charge in [0.25, 0.3) is 0 Å². The van der Waals surface area contributed by atoms with Crippen LogP contribution in [-0.2, 0) is 11.3 Å². The Hall–Kier alpha value is -1.69. The van der Waals surface area contributed by atoms with Crippen molar-refractivity contribution in [1.29, 1.82) is 0 Å². The number of carbonyl (C=O) groups is 1. The molecule has 0 spiro atoms. The van der Waals surface area contributed by atoms with Crippen molar-refractivity contribution >= 4 is 5.91 Å². The number of aromatic hydroxyl groups is 1. The van der Waals surface area contributed by atoms with Gasteiger partial charge in [-0.2, -0.15) is 0 Å². The lowest BCUT2D eigenvalue weighted by Crippen LogP contribution is -2.43. The number of nitrogens with one attached hydrogen (secondary N) is 2. The third kappa shape index (κ3) is 4.45. The Bertz CT molecular complexity index is 455. The Morgan fingerprint density at radius 2 is 1.85 bits per heavy atom. The van der Waals surface area contributed by atoms with Gasteiger partial charge in [0, 0.05) is 13.6 Å². The zero-order chi connectivity index (χ0) is 15.3. The predicted molar refractivity (Wildman–Crippen MR) is 72.2 cm³/mol. The summed E-state index contributed by atoms with van der Waals surface area (Å²) in [4.78, 5) is 11.7. The molecule has 112 valence electrons. The van der Waals surface area contributed by atoms with E-state index in [1.165, 1.54) is 7.05 Å². The Kier molecular flexibility index (Phi) is 5.88. The molecule has 1 amide bonds. The maximum atomic E-state index is 13.2. The number of phenolic OH excluding ortho intramolecular Hbond substituents is 1. The number of amides is 1. The van der Waals surface area contributed by atoms with Crippen molar-refractivity contribution in [1.82, 2.24) is 10.6 Å². The van der Waals surface area contributed by atoms with Crippen LogP contribution in [0.25, 0.3) is 0 Å². The Balaban J connectivity index is 2.74. The van der Waals surface area contributed by atoms with Crippen molar-refractivity contribution < 1.29 is 18.7 Å². The Morgan fingerprint density at radius 1 is 1.30 bits per heavy atom. The van der Waals surface area contributed by atoms with Crippen LogP contribution in [0.15, 0.2) is 12.1 Å². The zero-order valence-corrected chi connectivity index (χ0v) is 11.8. The summed E-state index contributed by atoms with van der Waals surface area (Å²) in [6.07, 6.45) is 0.614. The molecule has 1 unspecified atom stereocenters. The normalized spacial score (nSPS) is 12.5. The van der Waals surface area contributed by atoms with Crippen LogP contribution in [0.1, 0.15) is 25.8 Å². The molecule has 0 aliphatic rings. The number of rotatable bonds is 6. The average Bonchev–Trinajstić information content (AvgIpc) is 2.39. The van der Waals surface area contributed by atoms with E-state index in [2.05, 4.69) is 10.6 Å². The lowest BCUT2D eigenvalue weighted by Gasteiger charge is -2.19. The molecule has 0 saturated heterocycles. The molecule has 0 aromatic heterocycles. The summed E-state index contributed by atoms with van der Waals surface area (Å²) in [5, 5.41) is 14.5. The van der Waals surface area contributed by atoms with Gasteiger partial charge in [0.15, 0.2) is 17.4 Å². The van der Waals surface area contributed by atoms with Gasteiger partial charge in [-0.3, -0.25) is 4.79 Å². The molecule has 1 aromatic carbocycles. The number of benzene rings is 1. The summed E-state index contributed by atoms with van der Waals surface area (Å²) < 4.78 is 26.4. The number of hydrogen-bond acceptors (Lipinski definition) is 3. The van der Waals surface area contributed by atoms with Gasteiger partial charge >= 0.3 is 0 Å². The summed E-state index contributed by atoms with van der Waals surface area (Å²) in [6, 6.07) is 1.66. The van der Waals surface area contributed by atoms with Crippen LogP contribution in [0.4, 0.5) is 8.78 Å². The molecule has 0 saturated carbocycles. The first-order valence-corrected chi connectivity index (χ1v) is 6.47. The van der Waals surface area contributed by atoms with E-state index in [1.807, 2.05) is 13.8 Å². The van der Waals surface area contributed by atoms with Crippen LogP contribution in [0.5, 0.6) is 5.75 Å². The van der Waals surface area contributed by atoms with E-state index >= 15 is 0 Å². The van der Waals surface area contributed by atoms with Gasteiger partial charge in [0.2, 0.25) is 5.91 Å². The first-order chi connectivity index (χ1) is 9.35. The van der Waals surface area contributed by atoms with Crippen LogP contribution in [-0.4, -0.2) is 24.1 Å². The molecular formula is C14H20F2N2O2. The molecule has 1 rings (SSSR count). The Morgan fingerprint density at radius 3 is 2.30 bits per heavy atom. The standard InChI is InChI=1S/C14H20F2N2O2/c1-8(2)4-12(14(20)17-3)18-7-9-5-10(15)13(19)11(16)6-9/h5-6,8,12,18-19H,4,7H2,1-3H3,(H,17,20). The van der Waals surface area contributed by atoms with Crippen molar-refractivity contribution in [2.75, 3.05) is 7.05 Å². The van der Waals surface area contributed by atoms with E-state index in [0.717, 1.165) is 12.1 Å². The minimum absolute atomic E-state index is 0.138. The SMILES string of the molecule is CNC(=O)C(CC(C)C)NCc1cc(F)c(O)c(F)c1. The molecule has 0 fully saturated rings. The highest BCUT2D eigenvalue weighted by molar-refractivity contribution is 5.81. The minimum Gasteiger partial charge on any atom is -0.503 e. The van der Waals surface area contributed by atoms with Crippen molar-refractivity contribution in [3.63, 3.8) is 0 Å². The maximum Gasteiger partial charge on any atom is 0.236 e. The fourth-order valence-electron chi connectivity index (χ4n) is 1.89. The predicted octanol–water partition coefficient (Wildman–Crippen LogP) is 1.92. The molecule has 6 heteroatoms. The lowest BCUT2D eigenvalue weighted by molar-refractivity contribution is -0.123. The number of likely N-dealkylation sites (N-methyl/N-ethyl adjacent to an activating group) is 1. The van der Waals surface area contributed by atoms with E-state index in [1.54, 1.807) is 0 Å². The van der Waals surface area contributed by atoms with E-state index in [0.29, 0.717) is 17.9 Å². The molecule has 0 radical (unpaired) electrons. The molecule has 0 bridgehead atoms. The van der Waals surface area contributed by atoms with Crippen LogP contribution in [0.3, 0.4) is 0 Å². The zero-order valence-electron chi connectivity index (χ0n) is 11.8. The largest absolute Gasteiger partial charge is 0.503 e. The number of hydrogen-bond donors (Lipinski definition) is 3. The fraction of sp³-hybridized carbons (Fsp3) is 0.500. The summed E-state index contributed by atoms with van der Waals surface area (Å²) in [6.45, 7) is 4.11. The quantitative estimate of drug-likeness (QED) is 0.749. The molecule has 0 aliphatic heterocycles. The molecule has 1 aromatic rings. The first-order valence-electron chi connectivity index (χ1n) is 6.47. The number of phenols is 1. The average molecular weight is 286 g/mol. The second-order valence-corrected chi connectivity index (χ2v) is 5.09. The van der Waals surface area contributed by atoms with Crippen LogP contribution < -0.4 is 10.6 Å². The highest BCUT2D eigenvalue weighted by atomic mass is 19.1. The van der Waals surface area contributed by atoms with Crippen LogP contribution in [0.2, 0.25) is 0 Å². The fourth-order valence-corrected chi connectivity index (χ4v) is 1.89. The third-order valence-electron chi connectivity index (χ3n) is 2.90. The van der Waals surface area contributed by atoms with Gasteiger partial charge in [0.1, 0.15) is 0 Å². The number of halogens is 2. The van der Waals surface area contributed by atoms with Gasteiger partial charge in [-0.25, -0.2) is 8.78 Å². The highest BCUT2D eigenvalue weighted by Crippen LogP contribution is 2.21. The molecular weight excluding hydrogens is 266 g/mol. The first kappa shape index (κ1) is 16.4. The van der Waals surface area contributed by atoms with Gasteiger partial charge in [-0.1, -0.05) is 13.8 Å². The molecule has 4 nitrogen and oxygen atoms in total. The van der Waals surface area contributed by atoms with Crippen molar-refractivity contribution in [3.05, 3.63) is 29.3 Å². The van der Waals surface area contributed by atoms with Crippen LogP contribution >= 0.6 is 0 Å². The number of carbonyl (C=O) groups excluding carboxylic acids is 1. The lowest BCUT2D eigenvalue weighted by atomic mass is 10.0. The summed E-state index contributed by atoms with van der Waals surface area (Å²) in [5.41, 5.74) is 0.329. The monoisotopic (exact) mass is 286 g/mol. The van der Waals surface area contributed by atoms with Crippen molar-refractivity contribution in [2.24, 2.45) is 5.92 Å². The maximum absolute atomic E-state index is 13.2. The topological polar surface area (TPSA) is 61.4 Å². The van der Waals surface area contributed by atoms with Crippen LogP contribution in [0, 0.1) is 17.6 Å². The molecule has 0 heterocycles. The molecule has 0 aliphatic carbocycles. The minimum atomic E-state index is -1.01. The second-order valence-electron chi connectivity index (χ2n) is 5.09. The summed E-state index contributed by atoms with van der Waals surface area (Å²) >= 11 is 0. The van der Waals surface area contributed by atoms with E-state index in [-0.39, 0.29) is 12.5 Å².